The number of rotatable bonds is 5. The van der Waals surface area contributed by atoms with Gasteiger partial charge in [0.1, 0.15) is 5.75 Å². The molecule has 0 unspecified atom stereocenters. The van der Waals surface area contributed by atoms with E-state index in [0.29, 0.717) is 45.8 Å². The van der Waals surface area contributed by atoms with Gasteiger partial charge >= 0.3 is 0 Å². The second kappa shape index (κ2) is 7.62. The minimum Gasteiger partial charge on any atom is -0.493 e. The minimum absolute atomic E-state index is 0.148. The number of aromatic nitrogens is 5. The van der Waals surface area contributed by atoms with Crippen LogP contribution >= 0.6 is 0 Å². The van der Waals surface area contributed by atoms with Crippen LogP contribution in [0, 0.1) is 0 Å². The average molecular weight is 439 g/mol. The van der Waals surface area contributed by atoms with Gasteiger partial charge in [0.05, 0.1) is 34.2 Å². The molecular weight excluding hydrogens is 418 g/mol. The van der Waals surface area contributed by atoms with Crippen molar-refractivity contribution in [3.8, 4) is 28.3 Å². The Hall–Kier alpha value is -3.53. The van der Waals surface area contributed by atoms with E-state index >= 15 is 0 Å². The number of nitrogens with zero attached hydrogens (tertiary/aromatic N) is 5. The molecule has 1 aromatic carbocycles. The monoisotopic (exact) mass is 439 g/mol. The molecule has 3 heterocycles. The molecule has 0 saturated heterocycles. The molecule has 0 aliphatic carbocycles. The molecule has 0 amide bonds. The van der Waals surface area contributed by atoms with Crippen LogP contribution in [0.25, 0.3) is 33.4 Å². The molecule has 4 aromatic rings. The maximum Gasteiger partial charge on any atom is 0.261 e. The van der Waals surface area contributed by atoms with Gasteiger partial charge in [-0.15, -0.1) is 0 Å². The van der Waals surface area contributed by atoms with E-state index in [0.717, 1.165) is 6.26 Å². The molecule has 0 atom stereocenters. The van der Waals surface area contributed by atoms with E-state index in [9.17, 15) is 13.2 Å². The van der Waals surface area contributed by atoms with Crippen LogP contribution in [0.5, 0.6) is 5.75 Å². The number of aryl methyl sites for hydroxylation is 2. The Morgan fingerprint density at radius 1 is 1.10 bits per heavy atom. The first-order chi connectivity index (χ1) is 14.7. The lowest BCUT2D eigenvalue weighted by atomic mass is 10.0. The van der Waals surface area contributed by atoms with Crippen molar-refractivity contribution in [2.75, 3.05) is 12.9 Å². The average Bonchev–Trinajstić information content (AvgIpc) is 3.16. The third-order valence-corrected chi connectivity index (χ3v) is 5.96. The third kappa shape index (κ3) is 3.81. The van der Waals surface area contributed by atoms with Crippen LogP contribution in [0.2, 0.25) is 0 Å². The first kappa shape index (κ1) is 20.7. The zero-order valence-electron chi connectivity index (χ0n) is 17.5. The quantitative estimate of drug-likeness (QED) is 0.469. The fraction of sp³-hybridized carbons (Fsp3) is 0.238. The molecule has 0 saturated carbocycles. The van der Waals surface area contributed by atoms with E-state index in [4.69, 9.17) is 4.74 Å². The van der Waals surface area contributed by atoms with Crippen molar-refractivity contribution < 1.29 is 13.2 Å². The van der Waals surface area contributed by atoms with Crippen molar-refractivity contribution in [1.82, 2.24) is 24.3 Å². The van der Waals surface area contributed by atoms with Gasteiger partial charge in [-0.2, -0.15) is 5.10 Å². The summed E-state index contributed by atoms with van der Waals surface area (Å²) in [6.45, 7) is 2.24. The van der Waals surface area contributed by atoms with Crippen molar-refractivity contribution in [3.05, 3.63) is 53.3 Å². The summed E-state index contributed by atoms with van der Waals surface area (Å²) in [5, 5.41) is 4.47. The fourth-order valence-electron chi connectivity index (χ4n) is 3.35. The van der Waals surface area contributed by atoms with Gasteiger partial charge in [-0.05, 0) is 25.1 Å². The van der Waals surface area contributed by atoms with Crippen molar-refractivity contribution in [2.45, 2.75) is 11.8 Å². The highest BCUT2D eigenvalue weighted by molar-refractivity contribution is 7.90. The van der Waals surface area contributed by atoms with Crippen LogP contribution < -0.4 is 10.3 Å². The Labute approximate surface area is 178 Å². The highest BCUT2D eigenvalue weighted by Gasteiger charge is 2.19. The van der Waals surface area contributed by atoms with E-state index in [1.165, 1.54) is 16.8 Å². The molecule has 0 spiro atoms. The summed E-state index contributed by atoms with van der Waals surface area (Å²) in [5.41, 5.74) is 1.95. The Morgan fingerprint density at radius 2 is 1.87 bits per heavy atom. The molecule has 160 valence electrons. The summed E-state index contributed by atoms with van der Waals surface area (Å²) in [6, 6.07) is 4.67. The van der Waals surface area contributed by atoms with Gasteiger partial charge in [0, 0.05) is 50.1 Å². The molecule has 0 N–H and O–H groups in total. The summed E-state index contributed by atoms with van der Waals surface area (Å²) < 4.78 is 33.2. The van der Waals surface area contributed by atoms with Crippen molar-refractivity contribution in [3.63, 3.8) is 0 Å². The van der Waals surface area contributed by atoms with Gasteiger partial charge in [-0.1, -0.05) is 0 Å². The SMILES string of the molecule is CCOc1ccc(S(C)(=O)=O)cc1-c1cn(C)c(=O)c2cnc(-c3cnn(C)c3)nc12. The van der Waals surface area contributed by atoms with E-state index in [-0.39, 0.29) is 10.5 Å². The number of benzene rings is 1. The predicted molar refractivity (Wildman–Crippen MR) is 117 cm³/mol. The standard InChI is InChI=1S/C21H21N5O4S/c1-5-30-18-7-6-14(31(4,28)29)8-15(18)17-12-25(2)21(27)16-10-22-20(24-19(16)17)13-9-23-26(3)11-13/h6-12H,5H2,1-4H3. The van der Waals surface area contributed by atoms with Gasteiger partial charge in [-0.3, -0.25) is 9.48 Å². The summed E-state index contributed by atoms with van der Waals surface area (Å²) in [7, 11) is -0.0383. The van der Waals surface area contributed by atoms with Crippen LogP contribution in [0.3, 0.4) is 0 Å². The molecule has 3 aromatic heterocycles. The molecule has 0 fully saturated rings. The lowest BCUT2D eigenvalue weighted by molar-refractivity contribution is 0.341. The molecule has 9 nitrogen and oxygen atoms in total. The number of ether oxygens (including phenoxy) is 1. The number of pyridine rings is 1. The summed E-state index contributed by atoms with van der Waals surface area (Å²) in [5.74, 6) is 0.906. The van der Waals surface area contributed by atoms with Crippen LogP contribution in [-0.2, 0) is 23.9 Å². The molecule has 0 radical (unpaired) electrons. The van der Waals surface area contributed by atoms with Crippen LogP contribution in [0.4, 0.5) is 0 Å². The fourth-order valence-corrected chi connectivity index (χ4v) is 4.00. The molecule has 31 heavy (non-hydrogen) atoms. The minimum atomic E-state index is -3.45. The largest absolute Gasteiger partial charge is 0.493 e. The zero-order chi connectivity index (χ0) is 22.3. The highest BCUT2D eigenvalue weighted by Crippen LogP contribution is 2.35. The summed E-state index contributed by atoms with van der Waals surface area (Å²) in [4.78, 5) is 21.9. The molecule has 0 aliphatic heterocycles. The van der Waals surface area contributed by atoms with Crippen LogP contribution in [-0.4, -0.2) is 45.6 Å². The Bertz CT molecular complexity index is 1470. The maximum absolute atomic E-state index is 12.7. The summed E-state index contributed by atoms with van der Waals surface area (Å²) >= 11 is 0. The van der Waals surface area contributed by atoms with E-state index in [1.54, 1.807) is 49.5 Å². The lowest BCUT2D eigenvalue weighted by Gasteiger charge is -2.15. The van der Waals surface area contributed by atoms with Crippen LogP contribution in [0.1, 0.15) is 6.92 Å². The number of hydrogen-bond donors (Lipinski definition) is 0. The topological polar surface area (TPSA) is 109 Å². The number of hydrogen-bond acceptors (Lipinski definition) is 7. The Balaban J connectivity index is 2.07. The summed E-state index contributed by atoms with van der Waals surface area (Å²) in [6.07, 6.45) is 7.68. The van der Waals surface area contributed by atoms with E-state index in [1.807, 2.05) is 6.92 Å². The maximum atomic E-state index is 12.7. The first-order valence-electron chi connectivity index (χ1n) is 9.51. The smallest absolute Gasteiger partial charge is 0.261 e. The highest BCUT2D eigenvalue weighted by atomic mass is 32.2. The number of sulfone groups is 1. The zero-order valence-corrected chi connectivity index (χ0v) is 18.3. The normalized spacial score (nSPS) is 11.7. The van der Waals surface area contributed by atoms with Crippen molar-refractivity contribution in [1.29, 1.82) is 0 Å². The van der Waals surface area contributed by atoms with Crippen molar-refractivity contribution in [2.24, 2.45) is 14.1 Å². The molecule has 10 heteroatoms. The molecule has 0 aliphatic rings. The number of fused-ring (bicyclic) bond motifs is 1. The second-order valence-electron chi connectivity index (χ2n) is 7.18. The lowest BCUT2D eigenvalue weighted by Crippen LogP contribution is -2.17. The first-order valence-corrected chi connectivity index (χ1v) is 11.4. The predicted octanol–water partition coefficient (Wildman–Crippen LogP) is 2.20. The second-order valence-corrected chi connectivity index (χ2v) is 9.20. The van der Waals surface area contributed by atoms with E-state index in [2.05, 4.69) is 15.1 Å². The Kier molecular flexibility index (Phi) is 5.10. The van der Waals surface area contributed by atoms with Gasteiger partial charge in [0.2, 0.25) is 0 Å². The Morgan fingerprint density at radius 3 is 2.52 bits per heavy atom. The van der Waals surface area contributed by atoms with Crippen molar-refractivity contribution >= 4 is 20.7 Å². The molecule has 4 rings (SSSR count). The molecule has 0 bridgehead atoms. The van der Waals surface area contributed by atoms with Gasteiger partial charge in [0.15, 0.2) is 15.7 Å². The van der Waals surface area contributed by atoms with Gasteiger partial charge in [-0.25, -0.2) is 18.4 Å². The molecular formula is C21H21N5O4S. The van der Waals surface area contributed by atoms with Gasteiger partial charge in [0.25, 0.3) is 5.56 Å². The van der Waals surface area contributed by atoms with Gasteiger partial charge < -0.3 is 9.30 Å². The third-order valence-electron chi connectivity index (χ3n) is 4.85. The van der Waals surface area contributed by atoms with Crippen LogP contribution in [0.15, 0.2) is 52.7 Å². The van der Waals surface area contributed by atoms with E-state index < -0.39 is 9.84 Å².